The number of furan rings is 1. The van der Waals surface area contributed by atoms with Crippen molar-refractivity contribution in [2.24, 2.45) is 0 Å². The number of nitrogens with zero attached hydrogens (tertiary/aromatic N) is 1. The summed E-state index contributed by atoms with van der Waals surface area (Å²) in [6, 6.07) is 89.8. The van der Waals surface area contributed by atoms with Crippen molar-refractivity contribution < 1.29 is 4.42 Å². The first-order chi connectivity index (χ1) is 31.7. The normalized spacial score (nSPS) is 11.4. The van der Waals surface area contributed by atoms with Crippen LogP contribution in [0.1, 0.15) is 0 Å². The zero-order valence-electron chi connectivity index (χ0n) is 35.0. The summed E-state index contributed by atoms with van der Waals surface area (Å²) in [5.41, 5.74) is 16.9. The average molecular weight is 816 g/mol. The predicted octanol–water partition coefficient (Wildman–Crippen LogP) is 17.7. The molecular formula is C62H41NO. The smallest absolute Gasteiger partial charge is 0.135 e. The molecule has 0 radical (unpaired) electrons. The van der Waals surface area contributed by atoms with Gasteiger partial charge < -0.3 is 9.32 Å². The van der Waals surface area contributed by atoms with Crippen LogP contribution < -0.4 is 4.90 Å². The van der Waals surface area contributed by atoms with E-state index in [0.29, 0.717) is 0 Å². The van der Waals surface area contributed by atoms with E-state index in [-0.39, 0.29) is 0 Å². The van der Waals surface area contributed by atoms with Gasteiger partial charge in [0, 0.05) is 27.8 Å². The highest BCUT2D eigenvalue weighted by atomic mass is 16.3. The van der Waals surface area contributed by atoms with Gasteiger partial charge in [0.25, 0.3) is 0 Å². The Morgan fingerprint density at radius 2 is 0.625 bits per heavy atom. The molecule has 0 aliphatic heterocycles. The molecule has 64 heavy (non-hydrogen) atoms. The lowest BCUT2D eigenvalue weighted by Crippen LogP contribution is -2.09. The van der Waals surface area contributed by atoms with E-state index in [4.69, 9.17) is 4.42 Å². The van der Waals surface area contributed by atoms with E-state index >= 15 is 0 Å². The van der Waals surface area contributed by atoms with Gasteiger partial charge in [-0.05, 0) is 156 Å². The standard InChI is InChI=1S/C62H41NO/c1-3-11-42(12-4-1)51-38-52(43-13-5-2-6-14-43)40-53(39-51)46-25-33-56(34-26-46)63(55-31-23-45(24-32-55)49-28-36-62-60(41-49)59-17-9-10-18-61(59)64-62)54-29-21-44(22-30-54)48-27-35-58-50(37-48)20-19-47-15-7-8-16-57(47)58/h1-41H. The predicted molar refractivity (Wildman–Crippen MR) is 271 cm³/mol. The van der Waals surface area contributed by atoms with Gasteiger partial charge in [0.1, 0.15) is 11.2 Å². The minimum absolute atomic E-state index is 0.903. The Balaban J connectivity index is 0.925. The van der Waals surface area contributed by atoms with Gasteiger partial charge in [0.05, 0.1) is 0 Å². The highest BCUT2D eigenvalue weighted by Crippen LogP contribution is 2.40. The molecule has 1 heterocycles. The summed E-state index contributed by atoms with van der Waals surface area (Å²) < 4.78 is 6.14. The molecule has 0 fully saturated rings. The summed E-state index contributed by atoms with van der Waals surface area (Å²) in [7, 11) is 0. The molecule has 0 saturated carbocycles. The molecule has 0 aliphatic rings. The second kappa shape index (κ2) is 15.8. The first-order valence-corrected chi connectivity index (χ1v) is 21.9. The molecule has 0 unspecified atom stereocenters. The van der Waals surface area contributed by atoms with Gasteiger partial charge in [-0.1, -0.05) is 170 Å². The van der Waals surface area contributed by atoms with Gasteiger partial charge in [0.2, 0.25) is 0 Å². The molecule has 0 aliphatic carbocycles. The van der Waals surface area contributed by atoms with Crippen molar-refractivity contribution in [2.45, 2.75) is 0 Å². The maximum absolute atomic E-state index is 6.14. The molecule has 2 nitrogen and oxygen atoms in total. The quantitative estimate of drug-likeness (QED) is 0.142. The number of rotatable bonds is 8. The van der Waals surface area contributed by atoms with E-state index in [9.17, 15) is 0 Å². The van der Waals surface area contributed by atoms with Gasteiger partial charge in [-0.2, -0.15) is 0 Å². The summed E-state index contributed by atoms with van der Waals surface area (Å²) >= 11 is 0. The van der Waals surface area contributed by atoms with Crippen molar-refractivity contribution in [2.75, 3.05) is 4.90 Å². The van der Waals surface area contributed by atoms with Crippen LogP contribution in [0.3, 0.4) is 0 Å². The summed E-state index contributed by atoms with van der Waals surface area (Å²) in [5, 5.41) is 7.33. The van der Waals surface area contributed by atoms with Gasteiger partial charge >= 0.3 is 0 Å². The topological polar surface area (TPSA) is 16.4 Å². The Labute approximate surface area is 372 Å². The molecule has 0 atom stereocenters. The maximum atomic E-state index is 6.14. The maximum Gasteiger partial charge on any atom is 0.135 e. The van der Waals surface area contributed by atoms with Crippen molar-refractivity contribution >= 4 is 60.5 Å². The monoisotopic (exact) mass is 815 g/mol. The zero-order valence-corrected chi connectivity index (χ0v) is 35.0. The molecule has 11 aromatic carbocycles. The fourth-order valence-electron chi connectivity index (χ4n) is 9.34. The number of anilines is 3. The van der Waals surface area contributed by atoms with Crippen LogP contribution in [0.25, 0.3) is 99.1 Å². The van der Waals surface area contributed by atoms with Gasteiger partial charge in [-0.15, -0.1) is 0 Å². The van der Waals surface area contributed by atoms with Crippen LogP contribution >= 0.6 is 0 Å². The molecule has 0 saturated heterocycles. The van der Waals surface area contributed by atoms with E-state index in [1.54, 1.807) is 0 Å². The van der Waals surface area contributed by atoms with Crippen LogP contribution in [0, 0.1) is 0 Å². The Morgan fingerprint density at radius 3 is 1.22 bits per heavy atom. The van der Waals surface area contributed by atoms with E-state index in [2.05, 4.69) is 241 Å². The lowest BCUT2D eigenvalue weighted by Gasteiger charge is -2.26. The van der Waals surface area contributed by atoms with Crippen LogP contribution in [0.2, 0.25) is 0 Å². The number of fused-ring (bicyclic) bond motifs is 6. The summed E-state index contributed by atoms with van der Waals surface area (Å²) in [4.78, 5) is 2.35. The van der Waals surface area contributed by atoms with Crippen molar-refractivity contribution in [1.29, 1.82) is 0 Å². The van der Waals surface area contributed by atoms with Crippen LogP contribution in [0.15, 0.2) is 253 Å². The number of para-hydroxylation sites is 1. The van der Waals surface area contributed by atoms with Crippen LogP contribution in [-0.4, -0.2) is 0 Å². The largest absolute Gasteiger partial charge is 0.456 e. The van der Waals surface area contributed by atoms with Crippen LogP contribution in [0.4, 0.5) is 17.1 Å². The third-order valence-corrected chi connectivity index (χ3v) is 12.6. The molecule has 2 heteroatoms. The first kappa shape index (κ1) is 37.3. The van der Waals surface area contributed by atoms with Gasteiger partial charge in [0.15, 0.2) is 0 Å². The Morgan fingerprint density at radius 1 is 0.219 bits per heavy atom. The number of hydrogen-bond donors (Lipinski definition) is 0. The molecule has 0 N–H and O–H groups in total. The summed E-state index contributed by atoms with van der Waals surface area (Å²) in [5.74, 6) is 0. The number of benzene rings is 11. The van der Waals surface area contributed by atoms with Gasteiger partial charge in [-0.25, -0.2) is 0 Å². The van der Waals surface area contributed by atoms with E-state index < -0.39 is 0 Å². The molecule has 1 aromatic heterocycles. The third kappa shape index (κ3) is 6.88. The fourth-order valence-corrected chi connectivity index (χ4v) is 9.34. The van der Waals surface area contributed by atoms with Crippen LogP contribution in [-0.2, 0) is 0 Å². The van der Waals surface area contributed by atoms with E-state index in [0.717, 1.165) is 55.7 Å². The second-order valence-corrected chi connectivity index (χ2v) is 16.5. The van der Waals surface area contributed by atoms with E-state index in [1.807, 2.05) is 12.1 Å². The Kier molecular flexibility index (Phi) is 9.20. The minimum atomic E-state index is 0.903. The average Bonchev–Trinajstić information content (AvgIpc) is 3.75. The first-order valence-electron chi connectivity index (χ1n) is 21.9. The Hall–Kier alpha value is -8.46. The lowest BCUT2D eigenvalue weighted by atomic mass is 9.93. The highest BCUT2D eigenvalue weighted by Gasteiger charge is 2.16. The molecule has 0 spiro atoms. The Bertz CT molecular complexity index is 3570. The van der Waals surface area contributed by atoms with Crippen LogP contribution in [0.5, 0.6) is 0 Å². The minimum Gasteiger partial charge on any atom is -0.456 e. The molecule has 12 rings (SSSR count). The van der Waals surface area contributed by atoms with Crippen molar-refractivity contribution in [1.82, 2.24) is 0 Å². The fraction of sp³-hybridized carbons (Fsp3) is 0. The van der Waals surface area contributed by atoms with Crippen molar-refractivity contribution in [3.63, 3.8) is 0 Å². The molecule has 12 aromatic rings. The third-order valence-electron chi connectivity index (χ3n) is 12.6. The molecule has 300 valence electrons. The lowest BCUT2D eigenvalue weighted by molar-refractivity contribution is 0.669. The zero-order chi connectivity index (χ0) is 42.4. The summed E-state index contributed by atoms with van der Waals surface area (Å²) in [6.07, 6.45) is 0. The molecule has 0 bridgehead atoms. The number of hydrogen-bond acceptors (Lipinski definition) is 2. The summed E-state index contributed by atoms with van der Waals surface area (Å²) in [6.45, 7) is 0. The molecular weight excluding hydrogens is 775 g/mol. The van der Waals surface area contributed by atoms with Gasteiger partial charge in [-0.3, -0.25) is 0 Å². The van der Waals surface area contributed by atoms with E-state index in [1.165, 1.54) is 60.5 Å². The molecule has 0 amide bonds. The van der Waals surface area contributed by atoms with Crippen molar-refractivity contribution in [3.8, 4) is 55.6 Å². The SMILES string of the molecule is c1ccc(-c2cc(-c3ccccc3)cc(-c3ccc(N(c4ccc(-c5ccc6c(ccc7ccccc76)c5)cc4)c4ccc(-c5ccc6oc7ccccc7c6c5)cc4)cc3)c2)cc1. The highest BCUT2D eigenvalue weighted by molar-refractivity contribution is 6.09. The van der Waals surface area contributed by atoms with Crippen molar-refractivity contribution in [3.05, 3.63) is 249 Å². The second-order valence-electron chi connectivity index (χ2n) is 16.5.